The molecule has 0 radical (unpaired) electrons. The minimum Gasteiger partial charge on any atom is -0.330 e. The van der Waals surface area contributed by atoms with E-state index in [2.05, 4.69) is 26.1 Å². The third-order valence-electron chi connectivity index (χ3n) is 4.36. The molecule has 0 aliphatic heterocycles. The predicted molar refractivity (Wildman–Crippen MR) is 76.2 cm³/mol. The van der Waals surface area contributed by atoms with E-state index in [4.69, 9.17) is 5.73 Å². The highest BCUT2D eigenvalue weighted by Gasteiger charge is 2.25. The molecule has 2 heteroatoms. The van der Waals surface area contributed by atoms with Crippen molar-refractivity contribution in [3.05, 3.63) is 0 Å². The average Bonchev–Trinajstić information content (AvgIpc) is 2.26. The molecule has 0 heterocycles. The fraction of sp³-hybridized carbons (Fsp3) is 1.00. The van der Waals surface area contributed by atoms with Crippen LogP contribution in [-0.2, 0) is 0 Å². The fourth-order valence-corrected chi connectivity index (χ4v) is 2.98. The fourth-order valence-electron chi connectivity index (χ4n) is 2.98. The van der Waals surface area contributed by atoms with Crippen LogP contribution >= 0.6 is 0 Å². The maximum Gasteiger partial charge on any atom is 0.0153 e. The Labute approximate surface area is 108 Å². The Morgan fingerprint density at radius 1 is 1.12 bits per heavy atom. The topological polar surface area (TPSA) is 38.0 Å². The van der Waals surface area contributed by atoms with Gasteiger partial charge in [0, 0.05) is 5.54 Å². The van der Waals surface area contributed by atoms with Crippen molar-refractivity contribution < 1.29 is 0 Å². The van der Waals surface area contributed by atoms with E-state index >= 15 is 0 Å². The van der Waals surface area contributed by atoms with Gasteiger partial charge in [0.05, 0.1) is 0 Å². The molecule has 0 unspecified atom stereocenters. The summed E-state index contributed by atoms with van der Waals surface area (Å²) in [6, 6.07) is 0. The van der Waals surface area contributed by atoms with Crippen LogP contribution in [0.15, 0.2) is 0 Å². The summed E-state index contributed by atoms with van der Waals surface area (Å²) in [5.74, 6) is 0. The first-order chi connectivity index (χ1) is 7.97. The molecule has 1 aliphatic carbocycles. The van der Waals surface area contributed by atoms with Gasteiger partial charge < -0.3 is 11.1 Å². The standard InChI is InChI=1S/C15H32N2/c1-14(2,11-12-16)8-7-13-17-15(3)9-5-4-6-10-15/h17H,4-13,16H2,1-3H3. The Hall–Kier alpha value is -0.0800. The van der Waals surface area contributed by atoms with Crippen LogP contribution in [-0.4, -0.2) is 18.6 Å². The van der Waals surface area contributed by atoms with Gasteiger partial charge in [-0.2, -0.15) is 0 Å². The van der Waals surface area contributed by atoms with Gasteiger partial charge >= 0.3 is 0 Å². The van der Waals surface area contributed by atoms with Gasteiger partial charge in [0.2, 0.25) is 0 Å². The zero-order valence-corrected chi connectivity index (χ0v) is 12.1. The van der Waals surface area contributed by atoms with E-state index in [-0.39, 0.29) is 0 Å². The van der Waals surface area contributed by atoms with Crippen LogP contribution in [0.3, 0.4) is 0 Å². The number of nitrogens with two attached hydrogens (primary N) is 1. The van der Waals surface area contributed by atoms with Crippen LogP contribution in [0.2, 0.25) is 0 Å². The molecule has 0 spiro atoms. The molecule has 3 N–H and O–H groups in total. The molecule has 17 heavy (non-hydrogen) atoms. The average molecular weight is 240 g/mol. The Morgan fingerprint density at radius 3 is 2.35 bits per heavy atom. The minimum absolute atomic E-state index is 0.421. The van der Waals surface area contributed by atoms with Crippen molar-refractivity contribution in [3.8, 4) is 0 Å². The van der Waals surface area contributed by atoms with Crippen molar-refractivity contribution in [2.75, 3.05) is 13.1 Å². The highest BCUT2D eigenvalue weighted by Crippen LogP contribution is 2.28. The van der Waals surface area contributed by atoms with E-state index in [1.165, 1.54) is 51.5 Å². The summed E-state index contributed by atoms with van der Waals surface area (Å²) in [6.45, 7) is 9.06. The van der Waals surface area contributed by atoms with Crippen LogP contribution in [0.4, 0.5) is 0 Å². The van der Waals surface area contributed by atoms with Gasteiger partial charge in [0.15, 0.2) is 0 Å². The molecule has 0 aromatic heterocycles. The van der Waals surface area contributed by atoms with Crippen LogP contribution in [0.5, 0.6) is 0 Å². The molecular weight excluding hydrogens is 208 g/mol. The summed E-state index contributed by atoms with van der Waals surface area (Å²) in [6.07, 6.45) is 10.7. The molecule has 0 saturated heterocycles. The van der Waals surface area contributed by atoms with Gasteiger partial charge in [-0.3, -0.25) is 0 Å². The smallest absolute Gasteiger partial charge is 0.0153 e. The van der Waals surface area contributed by atoms with Crippen molar-refractivity contribution in [1.82, 2.24) is 5.32 Å². The molecule has 0 aromatic rings. The van der Waals surface area contributed by atoms with Crippen LogP contribution in [0.25, 0.3) is 0 Å². The molecule has 2 nitrogen and oxygen atoms in total. The molecule has 1 fully saturated rings. The van der Waals surface area contributed by atoms with E-state index in [0.717, 1.165) is 13.0 Å². The lowest BCUT2D eigenvalue weighted by Gasteiger charge is -2.35. The second-order valence-electron chi connectivity index (χ2n) is 6.85. The summed E-state index contributed by atoms with van der Waals surface area (Å²) >= 11 is 0. The summed E-state index contributed by atoms with van der Waals surface area (Å²) in [4.78, 5) is 0. The molecule has 0 bridgehead atoms. The zero-order chi connectivity index (χ0) is 12.8. The summed E-state index contributed by atoms with van der Waals surface area (Å²) in [7, 11) is 0. The highest BCUT2D eigenvalue weighted by atomic mass is 15.0. The monoisotopic (exact) mass is 240 g/mol. The molecule has 1 rings (SSSR count). The molecule has 1 saturated carbocycles. The van der Waals surface area contributed by atoms with Gasteiger partial charge in [0.25, 0.3) is 0 Å². The Bertz CT molecular complexity index is 205. The van der Waals surface area contributed by atoms with E-state index in [9.17, 15) is 0 Å². The Morgan fingerprint density at radius 2 is 1.76 bits per heavy atom. The van der Waals surface area contributed by atoms with Crippen molar-refractivity contribution in [2.45, 2.75) is 77.7 Å². The summed E-state index contributed by atoms with van der Waals surface area (Å²) in [5.41, 5.74) is 6.49. The van der Waals surface area contributed by atoms with Crippen molar-refractivity contribution in [2.24, 2.45) is 11.1 Å². The number of hydrogen-bond donors (Lipinski definition) is 2. The molecule has 1 aliphatic rings. The number of hydrogen-bond acceptors (Lipinski definition) is 2. The van der Waals surface area contributed by atoms with Gasteiger partial charge in [-0.25, -0.2) is 0 Å². The number of rotatable bonds is 7. The molecular formula is C15H32N2. The quantitative estimate of drug-likeness (QED) is 0.669. The third kappa shape index (κ3) is 5.87. The maximum atomic E-state index is 5.64. The Kier molecular flexibility index (Phi) is 5.94. The minimum atomic E-state index is 0.421. The second-order valence-corrected chi connectivity index (χ2v) is 6.85. The largest absolute Gasteiger partial charge is 0.330 e. The number of nitrogens with one attached hydrogen (secondary N) is 1. The normalized spacial score (nSPS) is 20.5. The van der Waals surface area contributed by atoms with Crippen molar-refractivity contribution in [3.63, 3.8) is 0 Å². The van der Waals surface area contributed by atoms with Gasteiger partial charge in [0.1, 0.15) is 0 Å². The summed E-state index contributed by atoms with van der Waals surface area (Å²) in [5, 5.41) is 3.78. The lowest BCUT2D eigenvalue weighted by Crippen LogP contribution is -2.44. The molecule has 102 valence electrons. The van der Waals surface area contributed by atoms with Crippen molar-refractivity contribution >= 4 is 0 Å². The van der Waals surface area contributed by atoms with E-state index in [1.54, 1.807) is 0 Å². The first-order valence-corrected chi connectivity index (χ1v) is 7.43. The maximum absolute atomic E-state index is 5.64. The van der Waals surface area contributed by atoms with Gasteiger partial charge in [-0.1, -0.05) is 33.1 Å². The molecule has 0 aromatic carbocycles. The summed E-state index contributed by atoms with van der Waals surface area (Å²) < 4.78 is 0. The highest BCUT2D eigenvalue weighted by molar-refractivity contribution is 4.86. The molecule has 0 amide bonds. The lowest BCUT2D eigenvalue weighted by atomic mass is 9.82. The third-order valence-corrected chi connectivity index (χ3v) is 4.36. The van der Waals surface area contributed by atoms with Crippen LogP contribution in [0, 0.1) is 5.41 Å². The predicted octanol–water partition coefficient (Wildman–Crippen LogP) is 3.45. The van der Waals surface area contributed by atoms with Crippen molar-refractivity contribution in [1.29, 1.82) is 0 Å². The van der Waals surface area contributed by atoms with E-state index < -0.39 is 0 Å². The second kappa shape index (κ2) is 6.75. The Balaban J connectivity index is 2.14. The first-order valence-electron chi connectivity index (χ1n) is 7.43. The van der Waals surface area contributed by atoms with Gasteiger partial charge in [-0.05, 0) is 57.5 Å². The van der Waals surface area contributed by atoms with Crippen LogP contribution < -0.4 is 11.1 Å². The van der Waals surface area contributed by atoms with Crippen LogP contribution in [0.1, 0.15) is 72.1 Å². The zero-order valence-electron chi connectivity index (χ0n) is 12.1. The van der Waals surface area contributed by atoms with E-state index in [1.807, 2.05) is 0 Å². The lowest BCUT2D eigenvalue weighted by molar-refractivity contribution is 0.241. The SMILES string of the molecule is CC(C)(CCN)CCCNC1(C)CCCCC1. The first kappa shape index (κ1) is 15.0. The molecule has 0 atom stereocenters. The van der Waals surface area contributed by atoms with E-state index in [0.29, 0.717) is 11.0 Å². The van der Waals surface area contributed by atoms with Gasteiger partial charge in [-0.15, -0.1) is 0 Å².